The molecule has 7 heteroatoms. The van der Waals surface area contributed by atoms with Crippen molar-refractivity contribution in [3.8, 4) is 0 Å². The van der Waals surface area contributed by atoms with Gasteiger partial charge in [0.05, 0.1) is 0 Å². The number of hydrogen-bond donors (Lipinski definition) is 2. The maximum Gasteiger partial charge on any atom is 0.328 e. The molecule has 0 unspecified atom stereocenters. The van der Waals surface area contributed by atoms with Crippen LogP contribution in [0.3, 0.4) is 0 Å². The Bertz CT molecular complexity index is 722. The second-order valence-corrected chi connectivity index (χ2v) is 5.10. The molecule has 6 nitrogen and oxygen atoms in total. The third-order valence-electron chi connectivity index (χ3n) is 2.69. The minimum Gasteiger partial charge on any atom is -0.478 e. The molecule has 0 bridgehead atoms. The Kier molecular flexibility index (Phi) is 4.44. The number of carbonyl (C=O) groups is 2. The second-order valence-electron chi connectivity index (χ2n) is 4.34. The van der Waals surface area contributed by atoms with Crippen LogP contribution in [0.15, 0.2) is 24.3 Å². The van der Waals surface area contributed by atoms with Crippen molar-refractivity contribution in [2.24, 2.45) is 0 Å². The molecule has 0 radical (unpaired) electrons. The quantitative estimate of drug-likeness (QED) is 0.847. The molecule has 21 heavy (non-hydrogen) atoms. The molecule has 0 saturated carbocycles. The highest BCUT2D eigenvalue weighted by molar-refractivity contribution is 7.09. The van der Waals surface area contributed by atoms with Crippen molar-refractivity contribution in [1.82, 2.24) is 9.36 Å². The number of carbonyl (C=O) groups excluding carboxylic acids is 1. The third kappa shape index (κ3) is 3.96. The van der Waals surface area contributed by atoms with Gasteiger partial charge in [-0.25, -0.2) is 9.78 Å². The highest BCUT2D eigenvalue weighted by atomic mass is 32.1. The lowest BCUT2D eigenvalue weighted by atomic mass is 10.0. The fourth-order valence-corrected chi connectivity index (χ4v) is 2.21. The number of aryl methyl sites for hydroxylation is 2. The number of aliphatic carboxylic acids is 1. The minimum absolute atomic E-state index is 0.309. The summed E-state index contributed by atoms with van der Waals surface area (Å²) >= 11 is 1.11. The molecule has 2 N–H and O–H groups in total. The van der Waals surface area contributed by atoms with E-state index in [1.165, 1.54) is 6.08 Å². The molecule has 0 saturated heterocycles. The van der Waals surface area contributed by atoms with Crippen LogP contribution in [0.5, 0.6) is 0 Å². The molecule has 2 rings (SSSR count). The molecule has 1 amide bonds. The number of anilines is 1. The lowest BCUT2D eigenvalue weighted by molar-refractivity contribution is -0.131. The van der Waals surface area contributed by atoms with Crippen LogP contribution in [0.25, 0.3) is 6.08 Å². The monoisotopic (exact) mass is 303 g/mol. The Balaban J connectivity index is 2.21. The van der Waals surface area contributed by atoms with E-state index in [0.717, 1.165) is 23.2 Å². The lowest BCUT2D eigenvalue weighted by Crippen LogP contribution is -2.12. The Morgan fingerprint density at radius 3 is 2.71 bits per heavy atom. The van der Waals surface area contributed by atoms with E-state index in [4.69, 9.17) is 5.11 Å². The van der Waals surface area contributed by atoms with Crippen LogP contribution >= 0.6 is 11.5 Å². The standard InChI is InChI=1S/C14H13N3O3S/c1-8-3-4-11(7-10(8)5-6-12(18)19)13(20)16-14-15-9(2)17-21-14/h3-7H,1-2H3,(H,18,19)(H,15,16,17,20)/b6-5+. The predicted molar refractivity (Wildman–Crippen MR) is 80.4 cm³/mol. The molecule has 1 aromatic heterocycles. The summed E-state index contributed by atoms with van der Waals surface area (Å²) in [4.78, 5) is 26.7. The van der Waals surface area contributed by atoms with Gasteiger partial charge in [0.1, 0.15) is 5.82 Å². The second kappa shape index (κ2) is 6.27. The van der Waals surface area contributed by atoms with E-state index in [1.807, 2.05) is 6.92 Å². The number of nitrogens with zero attached hydrogens (tertiary/aromatic N) is 2. The zero-order chi connectivity index (χ0) is 15.4. The summed E-state index contributed by atoms with van der Waals surface area (Å²) in [6.45, 7) is 3.59. The van der Waals surface area contributed by atoms with Gasteiger partial charge in [-0.3, -0.25) is 10.1 Å². The predicted octanol–water partition coefficient (Wildman–Crippen LogP) is 2.51. The number of aromatic nitrogens is 2. The molecule has 0 fully saturated rings. The molecule has 0 aliphatic heterocycles. The van der Waals surface area contributed by atoms with Crippen LogP contribution in [0.2, 0.25) is 0 Å². The largest absolute Gasteiger partial charge is 0.478 e. The maximum atomic E-state index is 12.1. The summed E-state index contributed by atoms with van der Waals surface area (Å²) in [5.74, 6) is -0.742. The van der Waals surface area contributed by atoms with Gasteiger partial charge in [-0.05, 0) is 43.2 Å². The van der Waals surface area contributed by atoms with Crippen LogP contribution in [0.1, 0.15) is 27.3 Å². The molecule has 2 aromatic rings. The van der Waals surface area contributed by atoms with Gasteiger partial charge >= 0.3 is 5.97 Å². The molecule has 0 atom stereocenters. The lowest BCUT2D eigenvalue weighted by Gasteiger charge is -2.05. The van der Waals surface area contributed by atoms with Crippen LogP contribution in [0.4, 0.5) is 5.13 Å². The van der Waals surface area contributed by atoms with E-state index in [9.17, 15) is 9.59 Å². The van der Waals surface area contributed by atoms with Crippen molar-refractivity contribution < 1.29 is 14.7 Å². The van der Waals surface area contributed by atoms with E-state index in [1.54, 1.807) is 25.1 Å². The zero-order valence-corrected chi connectivity index (χ0v) is 12.3. The topological polar surface area (TPSA) is 92.2 Å². The summed E-state index contributed by atoms with van der Waals surface area (Å²) in [5, 5.41) is 11.7. The van der Waals surface area contributed by atoms with Crippen molar-refractivity contribution in [3.05, 3.63) is 46.8 Å². The molecule has 0 aliphatic rings. The Morgan fingerprint density at radius 2 is 2.10 bits per heavy atom. The first kappa shape index (κ1) is 14.9. The Labute approximate surface area is 125 Å². The Hall–Kier alpha value is -2.54. The van der Waals surface area contributed by atoms with Gasteiger partial charge in [0.15, 0.2) is 0 Å². The minimum atomic E-state index is -1.03. The number of carboxylic acids is 1. The first-order valence-corrected chi connectivity index (χ1v) is 6.86. The zero-order valence-electron chi connectivity index (χ0n) is 11.5. The average molecular weight is 303 g/mol. The van der Waals surface area contributed by atoms with Crippen LogP contribution in [0, 0.1) is 13.8 Å². The van der Waals surface area contributed by atoms with E-state index in [0.29, 0.717) is 22.1 Å². The Morgan fingerprint density at radius 1 is 1.33 bits per heavy atom. The van der Waals surface area contributed by atoms with E-state index < -0.39 is 5.97 Å². The van der Waals surface area contributed by atoms with E-state index in [2.05, 4.69) is 14.7 Å². The average Bonchev–Trinajstić information content (AvgIpc) is 2.83. The SMILES string of the molecule is Cc1nsc(NC(=O)c2ccc(C)c(/C=C/C(=O)O)c2)n1. The van der Waals surface area contributed by atoms with Crippen molar-refractivity contribution in [1.29, 1.82) is 0 Å². The number of benzene rings is 1. The summed E-state index contributed by atoms with van der Waals surface area (Å²) in [6.07, 6.45) is 2.50. The fraction of sp³-hybridized carbons (Fsp3) is 0.143. The fourth-order valence-electron chi connectivity index (χ4n) is 1.64. The molecule has 108 valence electrons. The van der Waals surface area contributed by atoms with Crippen LogP contribution < -0.4 is 5.32 Å². The van der Waals surface area contributed by atoms with Gasteiger partial charge in [-0.2, -0.15) is 4.37 Å². The van der Waals surface area contributed by atoms with Gasteiger partial charge < -0.3 is 5.11 Å². The highest BCUT2D eigenvalue weighted by Crippen LogP contribution is 2.16. The van der Waals surface area contributed by atoms with Crippen LogP contribution in [-0.4, -0.2) is 26.3 Å². The van der Waals surface area contributed by atoms with Gasteiger partial charge in [0.2, 0.25) is 5.13 Å². The first-order chi connectivity index (χ1) is 9.95. The summed E-state index contributed by atoms with van der Waals surface area (Å²) in [5.41, 5.74) is 1.99. The van der Waals surface area contributed by atoms with Crippen molar-refractivity contribution >= 4 is 34.6 Å². The number of amides is 1. The third-order valence-corrected chi connectivity index (χ3v) is 3.42. The van der Waals surface area contributed by atoms with Crippen molar-refractivity contribution in [2.45, 2.75) is 13.8 Å². The molecular weight excluding hydrogens is 290 g/mol. The summed E-state index contributed by atoms with van der Waals surface area (Å²) < 4.78 is 3.98. The van der Waals surface area contributed by atoms with Crippen molar-refractivity contribution in [2.75, 3.05) is 5.32 Å². The summed E-state index contributed by atoms with van der Waals surface area (Å²) in [7, 11) is 0. The maximum absolute atomic E-state index is 12.1. The highest BCUT2D eigenvalue weighted by Gasteiger charge is 2.10. The van der Waals surface area contributed by atoms with Gasteiger partial charge in [0, 0.05) is 23.2 Å². The first-order valence-electron chi connectivity index (χ1n) is 6.09. The molecule has 0 aliphatic carbocycles. The van der Waals surface area contributed by atoms with Gasteiger partial charge in [-0.15, -0.1) is 0 Å². The van der Waals surface area contributed by atoms with E-state index >= 15 is 0 Å². The molecule has 1 aromatic carbocycles. The normalized spacial score (nSPS) is 10.8. The number of hydrogen-bond acceptors (Lipinski definition) is 5. The molecule has 0 spiro atoms. The van der Waals surface area contributed by atoms with Gasteiger partial charge in [0.25, 0.3) is 5.91 Å². The molecular formula is C14H13N3O3S. The number of carboxylic acid groups (broad SMARTS) is 1. The van der Waals surface area contributed by atoms with Crippen molar-refractivity contribution in [3.63, 3.8) is 0 Å². The van der Waals surface area contributed by atoms with Gasteiger partial charge in [-0.1, -0.05) is 6.07 Å². The summed E-state index contributed by atoms with van der Waals surface area (Å²) in [6, 6.07) is 5.08. The van der Waals surface area contributed by atoms with Crippen LogP contribution in [-0.2, 0) is 4.79 Å². The number of rotatable bonds is 4. The van der Waals surface area contributed by atoms with E-state index in [-0.39, 0.29) is 5.91 Å². The molecule has 1 heterocycles. The smallest absolute Gasteiger partial charge is 0.328 e. The number of nitrogens with one attached hydrogen (secondary N) is 1.